The summed E-state index contributed by atoms with van der Waals surface area (Å²) < 4.78 is 16.9. The van der Waals surface area contributed by atoms with Crippen LogP contribution in [0.5, 0.6) is 11.5 Å². The number of benzene rings is 1. The third kappa shape index (κ3) is 2.86. The molecule has 2 heterocycles. The number of ether oxygens (including phenoxy) is 3. The lowest BCUT2D eigenvalue weighted by atomic mass is 9.85. The first kappa shape index (κ1) is 12.8. The van der Waals surface area contributed by atoms with Gasteiger partial charge in [-0.05, 0) is 55.4 Å². The topological polar surface area (TPSA) is 27.7 Å². The van der Waals surface area contributed by atoms with Gasteiger partial charge in [-0.3, -0.25) is 0 Å². The summed E-state index contributed by atoms with van der Waals surface area (Å²) in [6.07, 6.45) is 4.78. The molecule has 1 aromatic rings. The molecule has 0 aromatic heterocycles. The molecule has 19 heavy (non-hydrogen) atoms. The number of methoxy groups -OCH3 is 1. The van der Waals surface area contributed by atoms with Gasteiger partial charge in [-0.1, -0.05) is 0 Å². The first-order chi connectivity index (χ1) is 9.36. The molecule has 1 fully saturated rings. The van der Waals surface area contributed by atoms with Crippen LogP contribution < -0.4 is 9.47 Å². The van der Waals surface area contributed by atoms with Crippen molar-refractivity contribution in [1.29, 1.82) is 0 Å². The molecule has 1 saturated heterocycles. The Labute approximate surface area is 114 Å². The number of fused-ring (bicyclic) bond motifs is 2. The van der Waals surface area contributed by atoms with Crippen molar-refractivity contribution in [3.63, 3.8) is 0 Å². The minimum atomic E-state index is 0.557. The van der Waals surface area contributed by atoms with E-state index in [1.807, 2.05) is 12.1 Å². The van der Waals surface area contributed by atoms with Gasteiger partial charge < -0.3 is 14.2 Å². The van der Waals surface area contributed by atoms with Crippen molar-refractivity contribution in [2.24, 2.45) is 11.8 Å². The number of hydrogen-bond donors (Lipinski definition) is 0. The zero-order valence-corrected chi connectivity index (χ0v) is 11.6. The first-order valence-electron chi connectivity index (χ1n) is 7.24. The Bertz CT molecular complexity index is 430. The molecule has 0 radical (unpaired) electrons. The van der Waals surface area contributed by atoms with E-state index in [1.54, 1.807) is 7.11 Å². The van der Waals surface area contributed by atoms with Crippen LogP contribution in [-0.4, -0.2) is 26.9 Å². The fourth-order valence-electron chi connectivity index (χ4n) is 3.18. The molecule has 3 nitrogen and oxygen atoms in total. The molecule has 0 bridgehead atoms. The molecule has 0 aliphatic carbocycles. The largest absolute Gasteiger partial charge is 0.497 e. The fraction of sp³-hybridized carbons (Fsp3) is 0.625. The van der Waals surface area contributed by atoms with Crippen LogP contribution in [0.3, 0.4) is 0 Å². The van der Waals surface area contributed by atoms with Crippen LogP contribution in [0, 0.1) is 11.8 Å². The highest BCUT2D eigenvalue weighted by Gasteiger charge is 2.27. The summed E-state index contributed by atoms with van der Waals surface area (Å²) in [7, 11) is 1.71. The second kappa shape index (κ2) is 5.83. The molecule has 3 rings (SSSR count). The Hall–Kier alpha value is -1.22. The molecule has 104 valence electrons. The van der Waals surface area contributed by atoms with E-state index >= 15 is 0 Å². The Kier molecular flexibility index (Phi) is 3.92. The third-order valence-electron chi connectivity index (χ3n) is 4.37. The van der Waals surface area contributed by atoms with Crippen LogP contribution in [0.25, 0.3) is 0 Å². The van der Waals surface area contributed by atoms with Crippen molar-refractivity contribution in [2.45, 2.75) is 25.7 Å². The third-order valence-corrected chi connectivity index (χ3v) is 4.37. The van der Waals surface area contributed by atoms with Gasteiger partial charge in [0.25, 0.3) is 0 Å². The normalized spacial score (nSPS) is 27.0. The predicted molar refractivity (Wildman–Crippen MR) is 73.8 cm³/mol. The molecular formula is C16H22O3. The van der Waals surface area contributed by atoms with Gasteiger partial charge in [0.1, 0.15) is 11.5 Å². The fourth-order valence-corrected chi connectivity index (χ4v) is 3.18. The van der Waals surface area contributed by atoms with Crippen molar-refractivity contribution in [3.05, 3.63) is 23.8 Å². The van der Waals surface area contributed by atoms with Crippen molar-refractivity contribution >= 4 is 0 Å². The second-order valence-corrected chi connectivity index (χ2v) is 5.56. The van der Waals surface area contributed by atoms with E-state index in [-0.39, 0.29) is 0 Å². The van der Waals surface area contributed by atoms with Crippen molar-refractivity contribution < 1.29 is 14.2 Å². The SMILES string of the molecule is COc1ccc2c(c1)CCCC1CCOCC1CO2. The summed E-state index contributed by atoms with van der Waals surface area (Å²) in [5.41, 5.74) is 1.28. The van der Waals surface area contributed by atoms with Crippen molar-refractivity contribution in [3.8, 4) is 11.5 Å². The van der Waals surface area contributed by atoms with E-state index in [0.29, 0.717) is 5.92 Å². The average molecular weight is 262 g/mol. The maximum absolute atomic E-state index is 6.04. The Morgan fingerprint density at radius 2 is 2.11 bits per heavy atom. The molecule has 0 saturated carbocycles. The van der Waals surface area contributed by atoms with E-state index in [0.717, 1.165) is 43.7 Å². The summed E-state index contributed by atoms with van der Waals surface area (Å²) >= 11 is 0. The lowest BCUT2D eigenvalue weighted by Crippen LogP contribution is -2.31. The van der Waals surface area contributed by atoms with Crippen LogP contribution in [0.15, 0.2) is 18.2 Å². The zero-order chi connectivity index (χ0) is 13.1. The van der Waals surface area contributed by atoms with Gasteiger partial charge in [-0.2, -0.15) is 0 Å². The molecule has 0 N–H and O–H groups in total. The summed E-state index contributed by atoms with van der Waals surface area (Å²) in [5.74, 6) is 3.26. The van der Waals surface area contributed by atoms with Gasteiger partial charge in [-0.15, -0.1) is 0 Å². The minimum Gasteiger partial charge on any atom is -0.497 e. The number of rotatable bonds is 1. The smallest absolute Gasteiger partial charge is 0.122 e. The molecule has 2 aliphatic rings. The quantitative estimate of drug-likeness (QED) is 0.778. The number of aryl methyl sites for hydroxylation is 1. The Morgan fingerprint density at radius 3 is 3.00 bits per heavy atom. The van der Waals surface area contributed by atoms with Gasteiger partial charge in [0.05, 0.1) is 20.3 Å². The lowest BCUT2D eigenvalue weighted by Gasteiger charge is -2.30. The van der Waals surface area contributed by atoms with Gasteiger partial charge in [0.15, 0.2) is 0 Å². The Morgan fingerprint density at radius 1 is 1.16 bits per heavy atom. The van der Waals surface area contributed by atoms with Gasteiger partial charge >= 0.3 is 0 Å². The highest BCUT2D eigenvalue weighted by atomic mass is 16.5. The van der Waals surface area contributed by atoms with E-state index < -0.39 is 0 Å². The van der Waals surface area contributed by atoms with E-state index in [1.165, 1.54) is 24.8 Å². The van der Waals surface area contributed by atoms with Crippen molar-refractivity contribution in [2.75, 3.05) is 26.9 Å². The minimum absolute atomic E-state index is 0.557. The van der Waals surface area contributed by atoms with E-state index in [4.69, 9.17) is 14.2 Å². The average Bonchev–Trinajstić information content (AvgIpc) is 2.55. The van der Waals surface area contributed by atoms with Crippen LogP contribution in [0.1, 0.15) is 24.8 Å². The van der Waals surface area contributed by atoms with Crippen LogP contribution in [-0.2, 0) is 11.2 Å². The lowest BCUT2D eigenvalue weighted by molar-refractivity contribution is -0.00433. The summed E-state index contributed by atoms with van der Waals surface area (Å²) in [4.78, 5) is 0. The van der Waals surface area contributed by atoms with Crippen LogP contribution in [0.2, 0.25) is 0 Å². The monoisotopic (exact) mass is 262 g/mol. The zero-order valence-electron chi connectivity index (χ0n) is 11.6. The molecule has 2 unspecified atom stereocenters. The summed E-state index contributed by atoms with van der Waals surface area (Å²) in [6, 6.07) is 6.13. The molecule has 1 aromatic carbocycles. The standard InChI is InChI=1S/C16H22O3/c1-17-15-5-6-16-13(9-15)4-2-3-12-7-8-18-10-14(12)11-19-16/h5-6,9,12,14H,2-4,7-8,10-11H2,1H3. The van der Waals surface area contributed by atoms with E-state index in [9.17, 15) is 0 Å². The number of hydrogen-bond acceptors (Lipinski definition) is 3. The molecule has 2 atom stereocenters. The van der Waals surface area contributed by atoms with Gasteiger partial charge in [-0.25, -0.2) is 0 Å². The molecule has 0 amide bonds. The molecular weight excluding hydrogens is 240 g/mol. The van der Waals surface area contributed by atoms with Crippen LogP contribution >= 0.6 is 0 Å². The Balaban J connectivity index is 1.79. The van der Waals surface area contributed by atoms with Crippen LogP contribution in [0.4, 0.5) is 0 Å². The predicted octanol–water partition coefficient (Wildman–Crippen LogP) is 3.06. The van der Waals surface area contributed by atoms with Gasteiger partial charge in [0.2, 0.25) is 0 Å². The molecule has 2 aliphatic heterocycles. The maximum Gasteiger partial charge on any atom is 0.122 e. The van der Waals surface area contributed by atoms with Gasteiger partial charge in [0, 0.05) is 12.5 Å². The van der Waals surface area contributed by atoms with E-state index in [2.05, 4.69) is 6.07 Å². The highest BCUT2D eigenvalue weighted by molar-refractivity contribution is 5.40. The highest BCUT2D eigenvalue weighted by Crippen LogP contribution is 2.33. The molecule has 3 heteroatoms. The summed E-state index contributed by atoms with van der Waals surface area (Å²) in [5, 5.41) is 0. The first-order valence-corrected chi connectivity index (χ1v) is 7.24. The second-order valence-electron chi connectivity index (χ2n) is 5.56. The van der Waals surface area contributed by atoms with Crippen molar-refractivity contribution in [1.82, 2.24) is 0 Å². The maximum atomic E-state index is 6.04. The summed E-state index contributed by atoms with van der Waals surface area (Å²) in [6.45, 7) is 2.56. The molecule has 0 spiro atoms.